The Balaban J connectivity index is 2.43. The van der Waals surface area contributed by atoms with Crippen molar-refractivity contribution >= 4 is 40.5 Å². The predicted molar refractivity (Wildman–Crippen MR) is 95.2 cm³/mol. The SMILES string of the molecule is CCOc1cc([N+](=O)[O-])c(C(=O)Nc2ccc(Cl)c(Cl)c2)cc1OC. The number of amides is 1. The van der Waals surface area contributed by atoms with Gasteiger partial charge in [-0.05, 0) is 25.1 Å². The highest BCUT2D eigenvalue weighted by molar-refractivity contribution is 6.42. The molecule has 2 aromatic rings. The fraction of sp³-hybridized carbons (Fsp3) is 0.188. The summed E-state index contributed by atoms with van der Waals surface area (Å²) in [6.45, 7) is 2.03. The molecule has 0 unspecified atom stereocenters. The first-order chi connectivity index (χ1) is 11.9. The van der Waals surface area contributed by atoms with Crippen molar-refractivity contribution in [1.29, 1.82) is 0 Å². The number of ether oxygens (including phenoxy) is 2. The van der Waals surface area contributed by atoms with Gasteiger partial charge >= 0.3 is 0 Å². The van der Waals surface area contributed by atoms with Crippen molar-refractivity contribution in [1.82, 2.24) is 0 Å². The molecule has 0 heterocycles. The zero-order chi connectivity index (χ0) is 18.6. The lowest BCUT2D eigenvalue weighted by atomic mass is 10.1. The number of hydrogen-bond acceptors (Lipinski definition) is 5. The van der Waals surface area contributed by atoms with Gasteiger partial charge in [0.1, 0.15) is 5.56 Å². The van der Waals surface area contributed by atoms with Crippen molar-refractivity contribution in [2.75, 3.05) is 19.0 Å². The summed E-state index contributed by atoms with van der Waals surface area (Å²) in [4.78, 5) is 23.1. The topological polar surface area (TPSA) is 90.7 Å². The van der Waals surface area contributed by atoms with E-state index < -0.39 is 16.5 Å². The van der Waals surface area contributed by atoms with Gasteiger partial charge in [0, 0.05) is 11.8 Å². The quantitative estimate of drug-likeness (QED) is 0.582. The van der Waals surface area contributed by atoms with Crippen molar-refractivity contribution in [2.24, 2.45) is 0 Å². The Morgan fingerprint density at radius 3 is 2.48 bits per heavy atom. The number of carbonyl (C=O) groups is 1. The molecule has 0 aromatic heterocycles. The molecule has 0 saturated carbocycles. The summed E-state index contributed by atoms with van der Waals surface area (Å²) in [7, 11) is 1.38. The highest BCUT2D eigenvalue weighted by Gasteiger charge is 2.25. The second kappa shape index (κ2) is 8.04. The minimum Gasteiger partial charge on any atom is -0.493 e. The Hall–Kier alpha value is -2.51. The number of rotatable bonds is 6. The number of nitrogens with zero attached hydrogens (tertiary/aromatic N) is 1. The molecule has 0 aliphatic carbocycles. The van der Waals surface area contributed by atoms with E-state index in [1.54, 1.807) is 6.92 Å². The van der Waals surface area contributed by atoms with Crippen LogP contribution >= 0.6 is 23.2 Å². The monoisotopic (exact) mass is 384 g/mol. The number of hydrogen-bond donors (Lipinski definition) is 1. The first-order valence-electron chi connectivity index (χ1n) is 7.13. The van der Waals surface area contributed by atoms with Crippen LogP contribution in [0.4, 0.5) is 11.4 Å². The van der Waals surface area contributed by atoms with E-state index >= 15 is 0 Å². The molecule has 0 aliphatic heterocycles. The summed E-state index contributed by atoms with van der Waals surface area (Å²) >= 11 is 11.7. The van der Waals surface area contributed by atoms with Gasteiger partial charge in [0.05, 0.1) is 34.8 Å². The Labute approximate surface area is 153 Å². The molecule has 1 N–H and O–H groups in total. The van der Waals surface area contributed by atoms with E-state index in [0.29, 0.717) is 17.3 Å². The highest BCUT2D eigenvalue weighted by atomic mass is 35.5. The van der Waals surface area contributed by atoms with Crippen LogP contribution in [0.2, 0.25) is 10.0 Å². The van der Waals surface area contributed by atoms with Crippen LogP contribution < -0.4 is 14.8 Å². The Morgan fingerprint density at radius 1 is 1.20 bits per heavy atom. The van der Waals surface area contributed by atoms with Gasteiger partial charge in [0.15, 0.2) is 11.5 Å². The van der Waals surface area contributed by atoms with Gasteiger partial charge in [0.25, 0.3) is 11.6 Å². The number of halogens is 2. The number of anilines is 1. The maximum atomic E-state index is 12.5. The van der Waals surface area contributed by atoms with E-state index in [4.69, 9.17) is 32.7 Å². The van der Waals surface area contributed by atoms with Crippen molar-refractivity contribution in [3.05, 3.63) is 56.1 Å². The maximum Gasteiger partial charge on any atom is 0.286 e. The van der Waals surface area contributed by atoms with Gasteiger partial charge in [-0.25, -0.2) is 0 Å². The zero-order valence-corrected chi connectivity index (χ0v) is 14.9. The van der Waals surface area contributed by atoms with E-state index in [-0.39, 0.29) is 22.1 Å². The molecule has 2 aromatic carbocycles. The molecule has 1 amide bonds. The largest absolute Gasteiger partial charge is 0.493 e. The van der Waals surface area contributed by atoms with E-state index in [1.807, 2.05) is 0 Å². The van der Waals surface area contributed by atoms with Crippen LogP contribution in [0.25, 0.3) is 0 Å². The van der Waals surface area contributed by atoms with E-state index in [0.717, 1.165) is 6.07 Å². The molecule has 0 fully saturated rings. The standard InChI is InChI=1S/C16H14Cl2N2O5/c1-3-25-15-8-13(20(22)23)10(7-14(15)24-2)16(21)19-9-4-5-11(17)12(18)6-9/h4-8H,3H2,1-2H3,(H,19,21). The first-order valence-corrected chi connectivity index (χ1v) is 7.88. The molecular weight excluding hydrogens is 371 g/mol. The van der Waals surface area contributed by atoms with Crippen LogP contribution in [0.5, 0.6) is 11.5 Å². The number of nitrogens with one attached hydrogen (secondary N) is 1. The van der Waals surface area contributed by atoms with E-state index in [1.165, 1.54) is 31.4 Å². The lowest BCUT2D eigenvalue weighted by molar-refractivity contribution is -0.385. The second-order valence-electron chi connectivity index (χ2n) is 4.79. The highest BCUT2D eigenvalue weighted by Crippen LogP contribution is 2.35. The van der Waals surface area contributed by atoms with Crippen molar-refractivity contribution < 1.29 is 19.2 Å². The molecule has 0 aliphatic rings. The van der Waals surface area contributed by atoms with Crippen molar-refractivity contribution in [2.45, 2.75) is 6.92 Å². The van der Waals surface area contributed by atoms with Gasteiger partial charge in [-0.2, -0.15) is 0 Å². The lowest BCUT2D eigenvalue weighted by Crippen LogP contribution is -2.14. The third-order valence-electron chi connectivity index (χ3n) is 3.20. The minimum atomic E-state index is -0.688. The van der Waals surface area contributed by atoms with Crippen LogP contribution in [-0.4, -0.2) is 24.5 Å². The summed E-state index contributed by atoms with van der Waals surface area (Å²) in [6, 6.07) is 6.90. The summed E-state index contributed by atoms with van der Waals surface area (Å²) in [5.41, 5.74) is -0.222. The molecule has 0 saturated heterocycles. The number of nitro groups is 1. The molecule has 7 nitrogen and oxygen atoms in total. The molecule has 0 radical (unpaired) electrons. The molecule has 9 heteroatoms. The smallest absolute Gasteiger partial charge is 0.286 e. The molecule has 0 bridgehead atoms. The van der Waals surface area contributed by atoms with Gasteiger partial charge in [-0.15, -0.1) is 0 Å². The van der Waals surface area contributed by atoms with E-state index in [9.17, 15) is 14.9 Å². The number of benzene rings is 2. The maximum absolute atomic E-state index is 12.5. The average molecular weight is 385 g/mol. The van der Waals surface area contributed by atoms with Crippen LogP contribution in [0.15, 0.2) is 30.3 Å². The second-order valence-corrected chi connectivity index (χ2v) is 5.61. The minimum absolute atomic E-state index is 0.170. The molecule has 25 heavy (non-hydrogen) atoms. The number of carbonyl (C=O) groups excluding carboxylic acids is 1. The Bertz CT molecular complexity index is 826. The van der Waals surface area contributed by atoms with Gasteiger partial charge in [-0.3, -0.25) is 14.9 Å². The summed E-state index contributed by atoms with van der Waals surface area (Å²) in [6.07, 6.45) is 0. The third kappa shape index (κ3) is 4.32. The van der Waals surface area contributed by atoms with Gasteiger partial charge < -0.3 is 14.8 Å². The predicted octanol–water partition coefficient (Wildman–Crippen LogP) is 4.56. The number of nitro benzene ring substituents is 1. The fourth-order valence-electron chi connectivity index (χ4n) is 2.08. The molecular formula is C16H14Cl2N2O5. The van der Waals surface area contributed by atoms with Crippen molar-refractivity contribution in [3.8, 4) is 11.5 Å². The Morgan fingerprint density at radius 2 is 1.92 bits per heavy atom. The fourth-order valence-corrected chi connectivity index (χ4v) is 2.38. The van der Waals surface area contributed by atoms with Crippen molar-refractivity contribution in [3.63, 3.8) is 0 Å². The summed E-state index contributed by atoms with van der Waals surface area (Å²) in [5, 5.41) is 14.4. The molecule has 0 atom stereocenters. The Kier molecular flexibility index (Phi) is 6.06. The van der Waals surface area contributed by atoms with Crippen LogP contribution in [0.3, 0.4) is 0 Å². The molecule has 132 valence electrons. The number of methoxy groups -OCH3 is 1. The van der Waals surface area contributed by atoms with E-state index in [2.05, 4.69) is 5.32 Å². The summed E-state index contributed by atoms with van der Waals surface area (Å²) < 4.78 is 10.4. The zero-order valence-electron chi connectivity index (χ0n) is 13.3. The lowest BCUT2D eigenvalue weighted by Gasteiger charge is -2.12. The molecule has 2 rings (SSSR count). The third-order valence-corrected chi connectivity index (χ3v) is 3.94. The van der Waals surface area contributed by atoms with Crippen LogP contribution in [-0.2, 0) is 0 Å². The normalized spacial score (nSPS) is 10.2. The van der Waals surface area contributed by atoms with Crippen LogP contribution in [0.1, 0.15) is 17.3 Å². The first kappa shape index (κ1) is 18.8. The van der Waals surface area contributed by atoms with Gasteiger partial charge in [-0.1, -0.05) is 23.2 Å². The van der Waals surface area contributed by atoms with Crippen LogP contribution in [0, 0.1) is 10.1 Å². The average Bonchev–Trinajstić information content (AvgIpc) is 2.57. The molecule has 0 spiro atoms. The van der Waals surface area contributed by atoms with Gasteiger partial charge in [0.2, 0.25) is 0 Å². The summed E-state index contributed by atoms with van der Waals surface area (Å²) in [5.74, 6) is -0.291.